The molecule has 2 rings (SSSR count). The van der Waals surface area contributed by atoms with Gasteiger partial charge in [0.1, 0.15) is 16.8 Å². The van der Waals surface area contributed by atoms with Gasteiger partial charge in [-0.15, -0.1) is 0 Å². The fourth-order valence-electron chi connectivity index (χ4n) is 2.54. The molecule has 6 nitrogen and oxygen atoms in total. The summed E-state index contributed by atoms with van der Waals surface area (Å²) in [6.45, 7) is 8.38. The van der Waals surface area contributed by atoms with Crippen molar-refractivity contribution in [2.24, 2.45) is 5.92 Å². The minimum Gasteiger partial charge on any atom is -0.355 e. The molecule has 0 unspecified atom stereocenters. The van der Waals surface area contributed by atoms with Gasteiger partial charge in [-0.2, -0.15) is 23.5 Å². The number of carbonyl (C=O) groups is 1. The van der Waals surface area contributed by atoms with Crippen LogP contribution < -0.4 is 5.32 Å². The zero-order valence-electron chi connectivity index (χ0n) is 16.6. The predicted molar refractivity (Wildman–Crippen MR) is 104 cm³/mol. The molecule has 0 saturated carbocycles. The van der Waals surface area contributed by atoms with Crippen LogP contribution in [0, 0.1) is 24.2 Å². The van der Waals surface area contributed by atoms with Crippen LogP contribution in [-0.2, 0) is 17.5 Å². The molecule has 0 aliphatic carbocycles. The highest BCUT2D eigenvalue weighted by molar-refractivity contribution is 8.00. The lowest BCUT2D eigenvalue weighted by Gasteiger charge is -2.13. The highest BCUT2D eigenvalue weighted by Crippen LogP contribution is 2.37. The van der Waals surface area contributed by atoms with Gasteiger partial charge < -0.3 is 5.32 Å². The van der Waals surface area contributed by atoms with E-state index in [1.54, 1.807) is 17.8 Å². The maximum atomic E-state index is 13.4. The number of pyridine rings is 1. The number of aromatic nitrogens is 3. The maximum absolute atomic E-state index is 13.4. The Morgan fingerprint density at radius 2 is 2.07 bits per heavy atom. The molecule has 2 heterocycles. The van der Waals surface area contributed by atoms with Gasteiger partial charge in [-0.1, -0.05) is 25.6 Å². The number of carbonyl (C=O) groups excluding carboxylic acids is 1. The molecule has 0 atom stereocenters. The summed E-state index contributed by atoms with van der Waals surface area (Å²) < 4.78 is 41.9. The molecular formula is C19H22F3N5OS. The van der Waals surface area contributed by atoms with Crippen molar-refractivity contribution in [1.82, 2.24) is 20.1 Å². The number of aryl methyl sites for hydroxylation is 2. The Balaban J connectivity index is 2.48. The summed E-state index contributed by atoms with van der Waals surface area (Å²) in [6.07, 6.45) is -3.08. The number of rotatable bonds is 7. The lowest BCUT2D eigenvalue weighted by Crippen LogP contribution is -2.28. The average Bonchev–Trinajstić information content (AvgIpc) is 3.03. The maximum Gasteiger partial charge on any atom is 0.433 e. The molecule has 10 heteroatoms. The van der Waals surface area contributed by atoms with Gasteiger partial charge in [0.05, 0.1) is 17.0 Å². The third-order valence-corrected chi connectivity index (χ3v) is 4.97. The van der Waals surface area contributed by atoms with Crippen LogP contribution in [-0.4, -0.2) is 33.0 Å². The van der Waals surface area contributed by atoms with Crippen molar-refractivity contribution < 1.29 is 18.0 Å². The van der Waals surface area contributed by atoms with Crippen LogP contribution in [0.25, 0.3) is 11.1 Å². The number of nitriles is 1. The van der Waals surface area contributed by atoms with E-state index in [1.807, 2.05) is 26.8 Å². The molecule has 0 aromatic carbocycles. The van der Waals surface area contributed by atoms with Crippen LogP contribution >= 0.6 is 11.8 Å². The van der Waals surface area contributed by atoms with E-state index in [9.17, 15) is 23.2 Å². The zero-order chi connectivity index (χ0) is 21.8. The van der Waals surface area contributed by atoms with E-state index in [1.165, 1.54) is 0 Å². The number of thioether (sulfide) groups is 1. The minimum absolute atomic E-state index is 0.00147. The highest BCUT2D eigenvalue weighted by atomic mass is 32.2. The van der Waals surface area contributed by atoms with Gasteiger partial charge in [0.25, 0.3) is 0 Å². The van der Waals surface area contributed by atoms with Gasteiger partial charge in [-0.3, -0.25) is 9.48 Å². The summed E-state index contributed by atoms with van der Waals surface area (Å²) in [4.78, 5) is 15.6. The van der Waals surface area contributed by atoms with E-state index in [4.69, 9.17) is 0 Å². The standard InChI is InChI=1S/C19H22F3N5OS/c1-5-27-9-15(12(4)26-27)13-6-16(19(20,21)22)25-18(14(13)7-23)29-10-17(28)24-8-11(2)3/h6,9,11H,5,8,10H2,1-4H3,(H,24,28). The Labute approximate surface area is 171 Å². The third kappa shape index (κ3) is 5.73. The van der Waals surface area contributed by atoms with Crippen LogP contribution in [0.3, 0.4) is 0 Å². The third-order valence-electron chi connectivity index (χ3n) is 4.00. The number of nitrogens with zero attached hydrogens (tertiary/aromatic N) is 4. The summed E-state index contributed by atoms with van der Waals surface area (Å²) >= 11 is 0.816. The molecule has 29 heavy (non-hydrogen) atoms. The highest BCUT2D eigenvalue weighted by Gasteiger charge is 2.35. The first-order valence-electron chi connectivity index (χ1n) is 9.03. The molecule has 1 N–H and O–H groups in total. The number of hydrogen-bond acceptors (Lipinski definition) is 5. The van der Waals surface area contributed by atoms with Gasteiger partial charge in [-0.25, -0.2) is 4.98 Å². The van der Waals surface area contributed by atoms with Crippen molar-refractivity contribution in [2.75, 3.05) is 12.3 Å². The smallest absolute Gasteiger partial charge is 0.355 e. The summed E-state index contributed by atoms with van der Waals surface area (Å²) in [6, 6.07) is 2.82. The lowest BCUT2D eigenvalue weighted by molar-refractivity contribution is -0.141. The number of amides is 1. The summed E-state index contributed by atoms with van der Waals surface area (Å²) in [5.41, 5.74) is -0.0635. The van der Waals surface area contributed by atoms with Crippen molar-refractivity contribution >= 4 is 17.7 Å². The molecular weight excluding hydrogens is 403 g/mol. The molecule has 0 aliphatic heterocycles. The molecule has 0 aliphatic rings. The van der Waals surface area contributed by atoms with E-state index in [2.05, 4.69) is 15.4 Å². The predicted octanol–water partition coefficient (Wildman–Crippen LogP) is 4.03. The Bertz CT molecular complexity index is 931. The van der Waals surface area contributed by atoms with Crippen molar-refractivity contribution in [3.05, 3.63) is 29.2 Å². The first kappa shape index (κ1) is 22.7. The van der Waals surface area contributed by atoms with Crippen molar-refractivity contribution in [2.45, 2.75) is 45.4 Å². The van der Waals surface area contributed by atoms with Gasteiger partial charge in [0, 0.05) is 30.4 Å². The molecule has 1 amide bonds. The van der Waals surface area contributed by atoms with E-state index in [-0.39, 0.29) is 33.7 Å². The van der Waals surface area contributed by atoms with Crippen molar-refractivity contribution in [1.29, 1.82) is 5.26 Å². The summed E-state index contributed by atoms with van der Waals surface area (Å²) in [5, 5.41) is 16.5. The molecule has 2 aromatic rings. The van der Waals surface area contributed by atoms with Crippen LogP contribution in [0.2, 0.25) is 0 Å². The first-order valence-corrected chi connectivity index (χ1v) is 10.0. The quantitative estimate of drug-likeness (QED) is 0.677. The number of hydrogen-bond donors (Lipinski definition) is 1. The minimum atomic E-state index is -4.69. The number of halogens is 3. The van der Waals surface area contributed by atoms with Crippen LogP contribution in [0.5, 0.6) is 0 Å². The van der Waals surface area contributed by atoms with E-state index < -0.39 is 11.9 Å². The topological polar surface area (TPSA) is 83.6 Å². The molecule has 0 radical (unpaired) electrons. The average molecular weight is 425 g/mol. The Kier molecular flexibility index (Phi) is 7.30. The Hall–Kier alpha value is -2.54. The lowest BCUT2D eigenvalue weighted by atomic mass is 10.0. The second-order valence-corrected chi connectivity index (χ2v) is 7.78. The summed E-state index contributed by atoms with van der Waals surface area (Å²) in [7, 11) is 0. The fraction of sp³-hybridized carbons (Fsp3) is 0.474. The summed E-state index contributed by atoms with van der Waals surface area (Å²) in [5.74, 6) is -0.221. The van der Waals surface area contributed by atoms with Crippen LogP contribution in [0.4, 0.5) is 13.2 Å². The van der Waals surface area contributed by atoms with Gasteiger partial charge in [-0.05, 0) is 25.8 Å². The van der Waals surface area contributed by atoms with Crippen molar-refractivity contribution in [3.8, 4) is 17.2 Å². The molecule has 2 aromatic heterocycles. The molecule has 156 valence electrons. The fourth-order valence-corrected chi connectivity index (χ4v) is 3.37. The second-order valence-electron chi connectivity index (χ2n) is 6.82. The second kappa shape index (κ2) is 9.31. The number of alkyl halides is 3. The van der Waals surface area contributed by atoms with E-state index in [0.29, 0.717) is 24.3 Å². The molecule has 0 saturated heterocycles. The van der Waals surface area contributed by atoms with Crippen LogP contribution in [0.1, 0.15) is 37.7 Å². The van der Waals surface area contributed by atoms with E-state index >= 15 is 0 Å². The van der Waals surface area contributed by atoms with Gasteiger partial charge >= 0.3 is 6.18 Å². The number of nitrogens with one attached hydrogen (secondary N) is 1. The molecule has 0 spiro atoms. The SMILES string of the molecule is CCn1cc(-c2cc(C(F)(F)F)nc(SCC(=O)NCC(C)C)c2C#N)c(C)n1. The molecule has 0 fully saturated rings. The van der Waals surface area contributed by atoms with Crippen LogP contribution in [0.15, 0.2) is 17.3 Å². The van der Waals surface area contributed by atoms with Crippen molar-refractivity contribution in [3.63, 3.8) is 0 Å². The normalized spacial score (nSPS) is 11.6. The largest absolute Gasteiger partial charge is 0.433 e. The Morgan fingerprint density at radius 1 is 1.38 bits per heavy atom. The van der Waals surface area contributed by atoms with Gasteiger partial charge in [0.2, 0.25) is 5.91 Å². The van der Waals surface area contributed by atoms with Gasteiger partial charge in [0.15, 0.2) is 0 Å². The monoisotopic (exact) mass is 425 g/mol. The zero-order valence-corrected chi connectivity index (χ0v) is 17.4. The first-order chi connectivity index (χ1) is 13.6. The van der Waals surface area contributed by atoms with E-state index in [0.717, 1.165) is 17.8 Å². The Morgan fingerprint density at radius 3 is 2.59 bits per heavy atom. The molecule has 0 bridgehead atoms.